The molecular formula is C15H18N2O2S. The molecule has 1 aromatic carbocycles. The van der Waals surface area contributed by atoms with Gasteiger partial charge in [-0.05, 0) is 18.9 Å². The van der Waals surface area contributed by atoms with Crippen molar-refractivity contribution in [2.75, 3.05) is 0 Å². The summed E-state index contributed by atoms with van der Waals surface area (Å²) in [6, 6.07) is 9.34. The monoisotopic (exact) mass is 290 g/mol. The number of carbonyl (C=O) groups is 2. The molecule has 1 aliphatic rings. The van der Waals surface area contributed by atoms with Crippen LogP contribution in [0.15, 0.2) is 30.3 Å². The largest absolute Gasteiger partial charge is 0.391 e. The minimum atomic E-state index is -0.882. The number of carbonyl (C=O) groups excluding carboxylic acids is 2. The van der Waals surface area contributed by atoms with E-state index in [2.05, 4.69) is 0 Å². The van der Waals surface area contributed by atoms with Gasteiger partial charge >= 0.3 is 0 Å². The number of nitrogens with two attached hydrogens (primary N) is 1. The Kier molecular flexibility index (Phi) is 3.90. The molecule has 2 atom stereocenters. The summed E-state index contributed by atoms with van der Waals surface area (Å²) in [5, 5.41) is 0. The average molecular weight is 290 g/mol. The van der Waals surface area contributed by atoms with E-state index in [9.17, 15) is 9.59 Å². The highest BCUT2D eigenvalue weighted by molar-refractivity contribution is 7.80. The van der Waals surface area contributed by atoms with Crippen molar-refractivity contribution in [3.8, 4) is 0 Å². The molecule has 1 fully saturated rings. The van der Waals surface area contributed by atoms with E-state index in [0.29, 0.717) is 6.42 Å². The zero-order valence-corrected chi connectivity index (χ0v) is 12.4. The lowest BCUT2D eigenvalue weighted by Gasteiger charge is -2.35. The Labute approximate surface area is 123 Å². The first kappa shape index (κ1) is 14.7. The summed E-state index contributed by atoms with van der Waals surface area (Å²) in [6.45, 7) is 3.62. The molecule has 1 saturated heterocycles. The maximum absolute atomic E-state index is 12.6. The van der Waals surface area contributed by atoms with Gasteiger partial charge in [-0.2, -0.15) is 0 Å². The van der Waals surface area contributed by atoms with Crippen LogP contribution in [0.4, 0.5) is 0 Å². The van der Waals surface area contributed by atoms with Gasteiger partial charge in [0.2, 0.25) is 11.8 Å². The van der Waals surface area contributed by atoms with Gasteiger partial charge in [0.15, 0.2) is 0 Å². The summed E-state index contributed by atoms with van der Waals surface area (Å²) in [4.78, 5) is 26.3. The van der Waals surface area contributed by atoms with E-state index in [-0.39, 0.29) is 23.2 Å². The van der Waals surface area contributed by atoms with E-state index in [1.165, 1.54) is 4.90 Å². The fourth-order valence-electron chi connectivity index (χ4n) is 2.54. The number of amides is 2. The van der Waals surface area contributed by atoms with Crippen molar-refractivity contribution in [2.24, 2.45) is 5.73 Å². The van der Waals surface area contributed by atoms with Gasteiger partial charge in [0.05, 0.1) is 16.4 Å². The van der Waals surface area contributed by atoms with Crippen molar-refractivity contribution in [2.45, 2.75) is 38.1 Å². The Bertz CT molecular complexity index is 558. The smallest absolute Gasteiger partial charge is 0.238 e. The van der Waals surface area contributed by atoms with Crippen LogP contribution in [0.2, 0.25) is 0 Å². The molecule has 2 rings (SSSR count). The van der Waals surface area contributed by atoms with Gasteiger partial charge in [-0.1, -0.05) is 49.5 Å². The summed E-state index contributed by atoms with van der Waals surface area (Å²) < 4.78 is 0. The summed E-state index contributed by atoms with van der Waals surface area (Å²) in [5.41, 5.74) is 5.73. The maximum atomic E-state index is 12.6. The van der Waals surface area contributed by atoms with Crippen LogP contribution >= 0.6 is 12.2 Å². The van der Waals surface area contributed by atoms with Crippen LogP contribution in [0.25, 0.3) is 0 Å². The molecule has 5 heteroatoms. The molecule has 2 unspecified atom stereocenters. The van der Waals surface area contributed by atoms with Crippen molar-refractivity contribution in [1.29, 1.82) is 0 Å². The highest BCUT2D eigenvalue weighted by Gasteiger charge is 2.49. The van der Waals surface area contributed by atoms with Gasteiger partial charge in [0.1, 0.15) is 0 Å². The maximum Gasteiger partial charge on any atom is 0.238 e. The van der Waals surface area contributed by atoms with Crippen LogP contribution in [0.5, 0.6) is 0 Å². The highest BCUT2D eigenvalue weighted by atomic mass is 32.1. The average Bonchev–Trinajstić information content (AvgIpc) is 2.74. The van der Waals surface area contributed by atoms with Crippen LogP contribution in [-0.4, -0.2) is 27.2 Å². The number of hydrogen-bond donors (Lipinski definition) is 1. The fraction of sp³-hybridized carbons (Fsp3) is 0.400. The Morgan fingerprint density at radius 2 is 2.00 bits per heavy atom. The Hall–Kier alpha value is -1.75. The van der Waals surface area contributed by atoms with Gasteiger partial charge in [0, 0.05) is 6.42 Å². The van der Waals surface area contributed by atoms with Gasteiger partial charge < -0.3 is 5.73 Å². The minimum Gasteiger partial charge on any atom is -0.391 e. The van der Waals surface area contributed by atoms with Crippen molar-refractivity contribution in [3.05, 3.63) is 35.9 Å². The molecule has 0 saturated carbocycles. The third-order valence-electron chi connectivity index (χ3n) is 4.06. The molecule has 106 valence electrons. The van der Waals surface area contributed by atoms with Crippen LogP contribution in [0.1, 0.15) is 38.2 Å². The molecule has 20 heavy (non-hydrogen) atoms. The standard InChI is InChI=1S/C15H18N2O2S/c1-3-15(2,14(16)20)17-12(18)9-11(13(17)19)10-7-5-4-6-8-10/h4-8,11H,3,9H2,1-2H3,(H2,16,20). The summed E-state index contributed by atoms with van der Waals surface area (Å²) >= 11 is 5.06. The Balaban J connectivity index is 2.37. The van der Waals surface area contributed by atoms with Crippen LogP contribution in [0, 0.1) is 0 Å². The van der Waals surface area contributed by atoms with Crippen molar-refractivity contribution >= 4 is 29.0 Å². The number of hydrogen-bond acceptors (Lipinski definition) is 3. The molecule has 0 aliphatic carbocycles. The lowest BCUT2D eigenvalue weighted by Crippen LogP contribution is -2.56. The topological polar surface area (TPSA) is 63.4 Å². The van der Waals surface area contributed by atoms with Gasteiger partial charge in [-0.15, -0.1) is 0 Å². The number of rotatable bonds is 4. The number of nitrogens with zero attached hydrogens (tertiary/aromatic N) is 1. The van der Waals surface area contributed by atoms with E-state index in [0.717, 1.165) is 5.56 Å². The predicted octanol–water partition coefficient (Wildman–Crippen LogP) is 1.98. The van der Waals surface area contributed by atoms with E-state index in [4.69, 9.17) is 18.0 Å². The molecule has 0 aromatic heterocycles. The van der Waals surface area contributed by atoms with Crippen molar-refractivity contribution in [3.63, 3.8) is 0 Å². The summed E-state index contributed by atoms with van der Waals surface area (Å²) in [5.74, 6) is -0.844. The normalized spacial score (nSPS) is 21.9. The van der Waals surface area contributed by atoms with Gasteiger partial charge in [-0.25, -0.2) is 0 Å². The highest BCUT2D eigenvalue weighted by Crippen LogP contribution is 2.35. The molecule has 0 spiro atoms. The van der Waals surface area contributed by atoms with Crippen molar-refractivity contribution in [1.82, 2.24) is 4.90 Å². The van der Waals surface area contributed by atoms with Crippen LogP contribution < -0.4 is 5.73 Å². The Morgan fingerprint density at radius 1 is 1.40 bits per heavy atom. The first-order chi connectivity index (χ1) is 9.41. The van der Waals surface area contributed by atoms with Gasteiger partial charge in [-0.3, -0.25) is 14.5 Å². The SMILES string of the molecule is CCC(C)(C(N)=S)N1C(=O)CC(c2ccccc2)C1=O. The molecule has 0 bridgehead atoms. The second-order valence-electron chi connectivity index (χ2n) is 5.23. The van der Waals surface area contributed by atoms with Crippen molar-refractivity contribution < 1.29 is 9.59 Å². The second kappa shape index (κ2) is 5.32. The van der Waals surface area contributed by atoms with E-state index in [1.807, 2.05) is 37.3 Å². The summed E-state index contributed by atoms with van der Waals surface area (Å²) in [6.07, 6.45) is 0.697. The molecule has 2 amide bonds. The van der Waals surface area contributed by atoms with E-state index >= 15 is 0 Å². The minimum absolute atomic E-state index is 0.176. The molecule has 4 nitrogen and oxygen atoms in total. The van der Waals surface area contributed by atoms with Crippen LogP contribution in [-0.2, 0) is 9.59 Å². The summed E-state index contributed by atoms with van der Waals surface area (Å²) in [7, 11) is 0. The molecule has 1 heterocycles. The molecular weight excluding hydrogens is 272 g/mol. The first-order valence-corrected chi connectivity index (χ1v) is 7.04. The number of imide groups is 1. The molecule has 1 aromatic rings. The Morgan fingerprint density at radius 3 is 2.50 bits per heavy atom. The van der Waals surface area contributed by atoms with E-state index < -0.39 is 11.5 Å². The molecule has 0 radical (unpaired) electrons. The third kappa shape index (κ3) is 2.22. The number of benzene rings is 1. The zero-order chi connectivity index (χ0) is 14.9. The molecule has 2 N–H and O–H groups in total. The first-order valence-electron chi connectivity index (χ1n) is 6.63. The fourth-order valence-corrected chi connectivity index (χ4v) is 2.77. The zero-order valence-electron chi connectivity index (χ0n) is 11.6. The quantitative estimate of drug-likeness (QED) is 0.680. The van der Waals surface area contributed by atoms with E-state index in [1.54, 1.807) is 6.92 Å². The van der Waals surface area contributed by atoms with Crippen LogP contribution in [0.3, 0.4) is 0 Å². The number of thiocarbonyl (C=S) groups is 1. The second-order valence-corrected chi connectivity index (χ2v) is 5.67. The molecule has 1 aliphatic heterocycles. The number of likely N-dealkylation sites (tertiary alicyclic amines) is 1. The van der Waals surface area contributed by atoms with Gasteiger partial charge in [0.25, 0.3) is 0 Å². The lowest BCUT2D eigenvalue weighted by atomic mass is 9.95. The third-order valence-corrected chi connectivity index (χ3v) is 4.50. The lowest BCUT2D eigenvalue weighted by molar-refractivity contribution is -0.143. The predicted molar refractivity (Wildman–Crippen MR) is 81.1 cm³/mol.